The Morgan fingerprint density at radius 2 is 2.04 bits per heavy atom. The van der Waals surface area contributed by atoms with Crippen molar-refractivity contribution < 1.29 is 4.74 Å². The number of hydrogen-bond donors (Lipinski definition) is 0. The predicted octanol–water partition coefficient (Wildman–Crippen LogP) is 3.46. The molecule has 3 rings (SSSR count). The van der Waals surface area contributed by atoms with Crippen molar-refractivity contribution in [2.24, 2.45) is 0 Å². The maximum Gasteiger partial charge on any atom is 0.135 e. The fourth-order valence-electron chi connectivity index (χ4n) is 3.01. The highest BCUT2D eigenvalue weighted by molar-refractivity contribution is 7.09. The van der Waals surface area contributed by atoms with Crippen LogP contribution in [0.4, 0.5) is 5.82 Å². The van der Waals surface area contributed by atoms with Crippen LogP contribution in [0.25, 0.3) is 0 Å². The Labute approximate surface area is 141 Å². The molecule has 6 heteroatoms. The van der Waals surface area contributed by atoms with Crippen LogP contribution in [0.3, 0.4) is 0 Å². The van der Waals surface area contributed by atoms with E-state index in [0.717, 1.165) is 41.7 Å². The highest BCUT2D eigenvalue weighted by atomic mass is 32.1. The summed E-state index contributed by atoms with van der Waals surface area (Å²) in [5.74, 6) is 1.93. The van der Waals surface area contributed by atoms with Crippen LogP contribution in [0.1, 0.15) is 53.7 Å². The molecule has 1 aliphatic carbocycles. The first-order chi connectivity index (χ1) is 11.1. The Hall–Kier alpha value is -1.53. The first-order valence-electron chi connectivity index (χ1n) is 8.13. The van der Waals surface area contributed by atoms with Crippen molar-refractivity contribution in [3.8, 4) is 0 Å². The smallest absolute Gasteiger partial charge is 0.135 e. The summed E-state index contributed by atoms with van der Waals surface area (Å²) in [5, 5.41) is 3.14. The van der Waals surface area contributed by atoms with E-state index in [0.29, 0.717) is 0 Å². The fraction of sp³-hybridized carbons (Fsp3) is 0.588. The van der Waals surface area contributed by atoms with Gasteiger partial charge in [0.2, 0.25) is 0 Å². The Bertz CT molecular complexity index is 685. The maximum atomic E-state index is 5.34. The number of anilines is 1. The molecule has 0 amide bonds. The molecule has 0 aromatic carbocycles. The number of rotatable bonds is 5. The number of hydrogen-bond acceptors (Lipinski definition) is 6. The van der Waals surface area contributed by atoms with Gasteiger partial charge in [-0.2, -0.15) is 0 Å². The van der Waals surface area contributed by atoms with Gasteiger partial charge in [-0.3, -0.25) is 0 Å². The molecule has 2 aromatic rings. The van der Waals surface area contributed by atoms with Crippen molar-refractivity contribution in [3.63, 3.8) is 0 Å². The van der Waals surface area contributed by atoms with Gasteiger partial charge in [0.15, 0.2) is 0 Å². The van der Waals surface area contributed by atoms with Crippen LogP contribution in [-0.2, 0) is 24.1 Å². The number of nitrogens with zero attached hydrogens (tertiary/aromatic N) is 4. The van der Waals surface area contributed by atoms with E-state index in [2.05, 4.69) is 27.3 Å². The lowest BCUT2D eigenvalue weighted by atomic mass is 9.96. The van der Waals surface area contributed by atoms with Crippen LogP contribution in [0.15, 0.2) is 5.38 Å². The number of thiazole rings is 1. The molecule has 2 aromatic heterocycles. The summed E-state index contributed by atoms with van der Waals surface area (Å²) in [6.45, 7) is 4.76. The van der Waals surface area contributed by atoms with Crippen molar-refractivity contribution in [1.82, 2.24) is 15.0 Å². The van der Waals surface area contributed by atoms with Gasteiger partial charge in [0.05, 0.1) is 12.2 Å². The molecule has 0 bridgehead atoms. The van der Waals surface area contributed by atoms with Crippen LogP contribution in [-0.4, -0.2) is 29.1 Å². The summed E-state index contributed by atoms with van der Waals surface area (Å²) in [7, 11) is 3.81. The number of ether oxygens (including phenoxy) is 1. The topological polar surface area (TPSA) is 51.1 Å². The van der Waals surface area contributed by atoms with Gasteiger partial charge in [-0.1, -0.05) is 0 Å². The van der Waals surface area contributed by atoms with Crippen LogP contribution in [0, 0.1) is 6.92 Å². The van der Waals surface area contributed by atoms with E-state index < -0.39 is 0 Å². The van der Waals surface area contributed by atoms with Crippen molar-refractivity contribution in [3.05, 3.63) is 33.2 Å². The van der Waals surface area contributed by atoms with Crippen molar-refractivity contribution in [2.45, 2.75) is 52.2 Å². The molecular weight excluding hydrogens is 308 g/mol. The van der Waals surface area contributed by atoms with Crippen LogP contribution < -0.4 is 4.90 Å². The number of aromatic nitrogens is 3. The molecule has 0 fully saturated rings. The molecule has 0 saturated carbocycles. The van der Waals surface area contributed by atoms with Crippen LogP contribution in [0.5, 0.6) is 0 Å². The van der Waals surface area contributed by atoms with Gasteiger partial charge in [-0.25, -0.2) is 15.0 Å². The summed E-state index contributed by atoms with van der Waals surface area (Å²) < 4.78 is 5.34. The van der Waals surface area contributed by atoms with Gasteiger partial charge in [0.1, 0.15) is 22.8 Å². The van der Waals surface area contributed by atoms with E-state index in [-0.39, 0.29) is 6.10 Å². The summed E-state index contributed by atoms with van der Waals surface area (Å²) in [6, 6.07) is 0. The van der Waals surface area contributed by atoms with E-state index in [1.807, 2.05) is 13.8 Å². The van der Waals surface area contributed by atoms with E-state index in [1.54, 1.807) is 18.4 Å². The van der Waals surface area contributed by atoms with Gasteiger partial charge in [0.25, 0.3) is 0 Å². The van der Waals surface area contributed by atoms with Crippen molar-refractivity contribution in [1.29, 1.82) is 0 Å². The molecule has 23 heavy (non-hydrogen) atoms. The molecule has 2 heterocycles. The van der Waals surface area contributed by atoms with Gasteiger partial charge in [-0.05, 0) is 39.5 Å². The second-order valence-electron chi connectivity index (χ2n) is 6.14. The fourth-order valence-corrected chi connectivity index (χ4v) is 3.85. The third-order valence-electron chi connectivity index (χ3n) is 4.30. The van der Waals surface area contributed by atoms with Crippen molar-refractivity contribution in [2.75, 3.05) is 19.1 Å². The quantitative estimate of drug-likeness (QED) is 0.839. The molecule has 1 atom stereocenters. The normalized spacial score (nSPS) is 15.3. The van der Waals surface area contributed by atoms with E-state index in [4.69, 9.17) is 9.72 Å². The molecule has 0 radical (unpaired) electrons. The lowest BCUT2D eigenvalue weighted by Gasteiger charge is -2.24. The highest BCUT2D eigenvalue weighted by Crippen LogP contribution is 2.28. The summed E-state index contributed by atoms with van der Waals surface area (Å²) in [6.07, 6.45) is 4.67. The summed E-state index contributed by atoms with van der Waals surface area (Å²) in [4.78, 5) is 16.2. The average molecular weight is 332 g/mol. The van der Waals surface area contributed by atoms with Gasteiger partial charge in [-0.15, -0.1) is 11.3 Å². The maximum absolute atomic E-state index is 5.34. The number of fused-ring (bicyclic) bond motifs is 1. The van der Waals surface area contributed by atoms with Gasteiger partial charge in [0, 0.05) is 30.8 Å². The summed E-state index contributed by atoms with van der Waals surface area (Å²) >= 11 is 1.66. The molecule has 124 valence electrons. The zero-order chi connectivity index (χ0) is 16.4. The van der Waals surface area contributed by atoms with E-state index in [9.17, 15) is 0 Å². The van der Waals surface area contributed by atoms with Crippen LogP contribution >= 0.6 is 11.3 Å². The van der Waals surface area contributed by atoms with Crippen LogP contribution in [0.2, 0.25) is 0 Å². The second-order valence-corrected chi connectivity index (χ2v) is 7.03. The lowest BCUT2D eigenvalue weighted by Crippen LogP contribution is -2.23. The Kier molecular flexibility index (Phi) is 4.92. The van der Waals surface area contributed by atoms with Gasteiger partial charge < -0.3 is 9.64 Å². The first kappa shape index (κ1) is 16.3. The number of methoxy groups -OCH3 is 1. The third-order valence-corrected chi connectivity index (χ3v) is 5.36. The molecular formula is C17H24N4OS. The Balaban J connectivity index is 1.82. The molecule has 5 nitrogen and oxygen atoms in total. The molecule has 0 spiro atoms. The molecule has 0 saturated heterocycles. The van der Waals surface area contributed by atoms with E-state index >= 15 is 0 Å². The molecule has 1 unspecified atom stereocenters. The molecule has 0 aliphatic heterocycles. The summed E-state index contributed by atoms with van der Waals surface area (Å²) in [5.41, 5.74) is 3.62. The lowest BCUT2D eigenvalue weighted by molar-refractivity contribution is 0.119. The average Bonchev–Trinajstić information content (AvgIpc) is 3.01. The minimum absolute atomic E-state index is 0.0492. The molecule has 1 aliphatic rings. The zero-order valence-electron chi connectivity index (χ0n) is 14.3. The first-order valence-corrected chi connectivity index (χ1v) is 9.01. The SMILES string of the molecule is COC(C)c1nc(CN(C)c2nc(C)nc3c2CCCC3)cs1. The molecule has 0 N–H and O–H groups in total. The van der Waals surface area contributed by atoms with Gasteiger partial charge >= 0.3 is 0 Å². The largest absolute Gasteiger partial charge is 0.375 e. The Morgan fingerprint density at radius 1 is 1.26 bits per heavy atom. The second kappa shape index (κ2) is 6.93. The monoisotopic (exact) mass is 332 g/mol. The zero-order valence-corrected chi connectivity index (χ0v) is 15.1. The standard InChI is InChI=1S/C17H24N4OS/c1-11(22-4)17-20-13(10-23-17)9-21(3)16-14-7-5-6-8-15(14)18-12(2)19-16/h10-11H,5-9H2,1-4H3. The van der Waals surface area contributed by atoms with E-state index in [1.165, 1.54) is 24.1 Å². The third kappa shape index (κ3) is 3.53. The highest BCUT2D eigenvalue weighted by Gasteiger charge is 2.20. The minimum atomic E-state index is 0.0492. The Morgan fingerprint density at radius 3 is 2.83 bits per heavy atom. The van der Waals surface area contributed by atoms with Crippen molar-refractivity contribution >= 4 is 17.2 Å². The number of aryl methyl sites for hydroxylation is 2. The minimum Gasteiger partial charge on any atom is -0.375 e. The predicted molar refractivity (Wildman–Crippen MR) is 93.1 cm³/mol.